The average Bonchev–Trinajstić information content (AvgIpc) is 2.90. The maximum Gasteiger partial charge on any atom is 0.289 e. The zero-order valence-electron chi connectivity index (χ0n) is 13.6. The zero-order chi connectivity index (χ0) is 17.1. The zero-order valence-corrected chi connectivity index (χ0v) is 13.6. The predicted molar refractivity (Wildman–Crippen MR) is 89.2 cm³/mol. The predicted octanol–water partition coefficient (Wildman–Crippen LogP) is 2.58. The van der Waals surface area contributed by atoms with Gasteiger partial charge in [0.15, 0.2) is 5.76 Å². The van der Waals surface area contributed by atoms with Gasteiger partial charge in [0, 0.05) is 17.7 Å². The van der Waals surface area contributed by atoms with Crippen molar-refractivity contribution in [1.29, 1.82) is 0 Å². The molecule has 6 heteroatoms. The molecule has 1 aromatic heterocycles. The summed E-state index contributed by atoms with van der Waals surface area (Å²) in [5.74, 6) is -0.221. The molecule has 1 aromatic carbocycles. The molecule has 3 rings (SSSR count). The van der Waals surface area contributed by atoms with Crippen molar-refractivity contribution in [3.63, 3.8) is 0 Å². The number of nitrogens with zero attached hydrogens (tertiary/aromatic N) is 3. The minimum atomic E-state index is -0.370. The van der Waals surface area contributed by atoms with E-state index >= 15 is 0 Å². The van der Waals surface area contributed by atoms with Crippen LogP contribution in [0.5, 0.6) is 5.88 Å². The lowest BCUT2D eigenvalue weighted by molar-refractivity contribution is -0.129. The Morgan fingerprint density at radius 3 is 2.67 bits per heavy atom. The second-order valence-electron chi connectivity index (χ2n) is 5.87. The molecule has 0 fully saturated rings. The molecule has 0 saturated carbocycles. The van der Waals surface area contributed by atoms with Crippen molar-refractivity contribution >= 4 is 11.5 Å². The first kappa shape index (κ1) is 16.0. The van der Waals surface area contributed by atoms with E-state index in [9.17, 15) is 9.90 Å². The van der Waals surface area contributed by atoms with Crippen molar-refractivity contribution in [3.05, 3.63) is 59.7 Å². The lowest BCUT2D eigenvalue weighted by Crippen LogP contribution is -2.33. The first-order chi connectivity index (χ1) is 11.6. The summed E-state index contributed by atoms with van der Waals surface area (Å²) in [6.45, 7) is 4.53. The van der Waals surface area contributed by atoms with E-state index in [1.165, 1.54) is 6.33 Å². The monoisotopic (exact) mass is 325 g/mol. The molecule has 2 heterocycles. The molecule has 6 nitrogen and oxygen atoms in total. The maximum atomic E-state index is 12.1. The van der Waals surface area contributed by atoms with Crippen LogP contribution in [0.25, 0.3) is 5.57 Å². The van der Waals surface area contributed by atoms with Crippen molar-refractivity contribution in [2.45, 2.75) is 26.5 Å². The Morgan fingerprint density at radius 1 is 1.25 bits per heavy atom. The van der Waals surface area contributed by atoms with Crippen molar-refractivity contribution in [2.24, 2.45) is 0 Å². The third-order valence-corrected chi connectivity index (χ3v) is 3.88. The van der Waals surface area contributed by atoms with E-state index in [0.29, 0.717) is 30.3 Å². The van der Waals surface area contributed by atoms with Crippen LogP contribution in [0, 0.1) is 0 Å². The highest BCUT2D eigenvalue weighted by molar-refractivity contribution is 6.03. The fourth-order valence-corrected chi connectivity index (χ4v) is 2.52. The molecule has 1 aliphatic heterocycles. The molecule has 1 amide bonds. The molecule has 0 bridgehead atoms. The summed E-state index contributed by atoms with van der Waals surface area (Å²) in [4.78, 5) is 21.9. The van der Waals surface area contributed by atoms with Crippen LogP contribution in [0.2, 0.25) is 0 Å². The van der Waals surface area contributed by atoms with E-state index in [1.807, 2.05) is 44.2 Å². The Kier molecular flexibility index (Phi) is 4.46. The summed E-state index contributed by atoms with van der Waals surface area (Å²) in [6, 6.07) is 11.4. The first-order valence-corrected chi connectivity index (χ1v) is 7.78. The molecule has 0 aliphatic carbocycles. The number of aliphatic hydroxyl groups excluding tert-OH is 1. The normalized spacial score (nSPS) is 14.6. The number of carbonyl (C=O) groups is 1. The number of rotatable bonds is 5. The van der Waals surface area contributed by atoms with Crippen LogP contribution in [0.4, 0.5) is 0 Å². The molecular formula is C18H19N3O3. The number of benzene rings is 1. The van der Waals surface area contributed by atoms with Gasteiger partial charge in [0.05, 0.1) is 12.2 Å². The molecule has 24 heavy (non-hydrogen) atoms. The second-order valence-corrected chi connectivity index (χ2v) is 5.87. The van der Waals surface area contributed by atoms with Crippen molar-refractivity contribution in [3.8, 4) is 5.88 Å². The Labute approximate surface area is 140 Å². The number of hydrogen-bond donors (Lipinski definition) is 1. The lowest BCUT2D eigenvalue weighted by Gasteiger charge is -2.20. The topological polar surface area (TPSA) is 75.6 Å². The lowest BCUT2D eigenvalue weighted by atomic mass is 10.2. The second kappa shape index (κ2) is 6.70. The number of hydrogen-bond acceptors (Lipinski definition) is 5. The maximum absolute atomic E-state index is 12.1. The summed E-state index contributed by atoms with van der Waals surface area (Å²) in [5.41, 5.74) is 2.03. The molecular weight excluding hydrogens is 306 g/mol. The van der Waals surface area contributed by atoms with E-state index in [-0.39, 0.29) is 17.7 Å². The van der Waals surface area contributed by atoms with E-state index in [1.54, 1.807) is 11.0 Å². The highest BCUT2D eigenvalue weighted by Gasteiger charge is 2.33. The van der Waals surface area contributed by atoms with Crippen LogP contribution >= 0.6 is 0 Å². The average molecular weight is 325 g/mol. The van der Waals surface area contributed by atoms with Gasteiger partial charge < -0.3 is 14.7 Å². The number of amides is 1. The molecule has 0 saturated heterocycles. The minimum absolute atomic E-state index is 0.00721. The van der Waals surface area contributed by atoms with Gasteiger partial charge in [-0.25, -0.2) is 9.97 Å². The van der Waals surface area contributed by atoms with Gasteiger partial charge in [-0.15, -0.1) is 0 Å². The van der Waals surface area contributed by atoms with Crippen LogP contribution < -0.4 is 4.74 Å². The van der Waals surface area contributed by atoms with Crippen molar-refractivity contribution in [1.82, 2.24) is 14.9 Å². The summed E-state index contributed by atoms with van der Waals surface area (Å²) < 4.78 is 5.67. The van der Waals surface area contributed by atoms with Crippen molar-refractivity contribution in [2.75, 3.05) is 6.54 Å². The Balaban J connectivity index is 1.77. The fraction of sp³-hybridized carbons (Fsp3) is 0.278. The third-order valence-electron chi connectivity index (χ3n) is 3.88. The fourth-order valence-electron chi connectivity index (χ4n) is 2.52. The molecule has 124 valence electrons. The number of carbonyl (C=O) groups excluding carboxylic acids is 1. The Morgan fingerprint density at radius 2 is 2.00 bits per heavy atom. The van der Waals surface area contributed by atoms with Crippen LogP contribution in [0.1, 0.15) is 25.1 Å². The highest BCUT2D eigenvalue weighted by atomic mass is 16.5. The standard InChI is InChI=1S/C18H19N3O3/c1-12(2)21-9-14(17(22)18(21)23)15-8-16(20-11-19-15)24-10-13-6-4-3-5-7-13/h3-8,11-12,22H,9-10H2,1-2H3. The Bertz CT molecular complexity index is 772. The van der Waals surface area contributed by atoms with E-state index in [0.717, 1.165) is 5.56 Å². The van der Waals surface area contributed by atoms with E-state index in [4.69, 9.17) is 4.74 Å². The van der Waals surface area contributed by atoms with Gasteiger partial charge >= 0.3 is 0 Å². The number of aromatic nitrogens is 2. The van der Waals surface area contributed by atoms with Gasteiger partial charge in [0.25, 0.3) is 5.91 Å². The minimum Gasteiger partial charge on any atom is -0.503 e. The van der Waals surface area contributed by atoms with E-state index < -0.39 is 0 Å². The van der Waals surface area contributed by atoms with Gasteiger partial charge in [-0.05, 0) is 19.4 Å². The molecule has 0 radical (unpaired) electrons. The molecule has 1 aliphatic rings. The molecule has 1 N–H and O–H groups in total. The number of aliphatic hydroxyl groups is 1. The van der Waals surface area contributed by atoms with Gasteiger partial charge in [-0.3, -0.25) is 4.79 Å². The summed E-state index contributed by atoms with van der Waals surface area (Å²) in [7, 11) is 0. The molecule has 0 atom stereocenters. The summed E-state index contributed by atoms with van der Waals surface area (Å²) >= 11 is 0. The Hall–Kier alpha value is -2.89. The molecule has 2 aromatic rings. The molecule has 0 unspecified atom stereocenters. The van der Waals surface area contributed by atoms with Crippen LogP contribution in [-0.2, 0) is 11.4 Å². The van der Waals surface area contributed by atoms with Crippen LogP contribution in [-0.4, -0.2) is 38.5 Å². The van der Waals surface area contributed by atoms with Gasteiger partial charge in [0.1, 0.15) is 12.9 Å². The van der Waals surface area contributed by atoms with E-state index in [2.05, 4.69) is 9.97 Å². The molecule has 0 spiro atoms. The van der Waals surface area contributed by atoms with Crippen molar-refractivity contribution < 1.29 is 14.6 Å². The largest absolute Gasteiger partial charge is 0.503 e. The first-order valence-electron chi connectivity index (χ1n) is 7.78. The quantitative estimate of drug-likeness (QED) is 0.914. The summed E-state index contributed by atoms with van der Waals surface area (Å²) in [5, 5.41) is 10.1. The van der Waals surface area contributed by atoms with Gasteiger partial charge in [0.2, 0.25) is 5.88 Å². The highest BCUT2D eigenvalue weighted by Crippen LogP contribution is 2.27. The smallest absolute Gasteiger partial charge is 0.289 e. The van der Waals surface area contributed by atoms with Gasteiger partial charge in [-0.2, -0.15) is 0 Å². The third kappa shape index (κ3) is 3.22. The number of ether oxygens (including phenoxy) is 1. The van der Waals surface area contributed by atoms with Crippen LogP contribution in [0.3, 0.4) is 0 Å². The summed E-state index contributed by atoms with van der Waals surface area (Å²) in [6.07, 6.45) is 1.37. The van der Waals surface area contributed by atoms with Gasteiger partial charge in [-0.1, -0.05) is 30.3 Å². The van der Waals surface area contributed by atoms with Crippen LogP contribution in [0.15, 0.2) is 48.5 Å². The SMILES string of the molecule is CC(C)N1CC(c2cc(OCc3ccccc3)ncn2)=C(O)C1=O.